The van der Waals surface area contributed by atoms with Crippen molar-refractivity contribution < 1.29 is 18.9 Å². The summed E-state index contributed by atoms with van der Waals surface area (Å²) in [5.74, 6) is 3.76. The summed E-state index contributed by atoms with van der Waals surface area (Å²) in [6, 6.07) is 31.2. The SMILES string of the molecule is COc1cc2c3c(c4c(c2cc1OC)-c1ccc(C)cc1C41CC2CCC1C2)C=CC(c1ccccc1)(c1ccc(N2CCOCC2)cc1)O3. The van der Waals surface area contributed by atoms with Crippen LogP contribution in [0.4, 0.5) is 5.69 Å². The maximum absolute atomic E-state index is 7.68. The quantitative estimate of drug-likeness (QED) is 0.188. The van der Waals surface area contributed by atoms with E-state index in [2.05, 4.69) is 109 Å². The average molecular weight is 662 g/mol. The fraction of sp³-hybridized carbons (Fsp3) is 0.333. The highest BCUT2D eigenvalue weighted by Crippen LogP contribution is 2.69. The maximum Gasteiger partial charge on any atom is 0.178 e. The molecule has 10 rings (SSSR count). The van der Waals surface area contributed by atoms with Crippen LogP contribution in [0.15, 0.2) is 91.0 Å². The molecule has 3 fully saturated rings. The van der Waals surface area contributed by atoms with Crippen molar-refractivity contribution in [2.45, 2.75) is 43.6 Å². The number of hydrogen-bond acceptors (Lipinski definition) is 5. The van der Waals surface area contributed by atoms with Gasteiger partial charge < -0.3 is 23.8 Å². The molecule has 50 heavy (non-hydrogen) atoms. The van der Waals surface area contributed by atoms with E-state index in [4.69, 9.17) is 18.9 Å². The molecule has 0 N–H and O–H groups in total. The predicted molar refractivity (Wildman–Crippen MR) is 200 cm³/mol. The standard InChI is InChI=1S/C45H43NO4/c1-28-9-16-34-38(23-28)44(27-29-10-11-32(44)24-29)42-35-17-18-45(30-7-5-4-6-8-30,31-12-14-33(15-13-31)46-19-21-49-22-20-46)50-43(35)37-26-40(48-3)39(47-2)25-36(37)41(34)42/h4-9,12-18,23,25-26,29,32H,10-11,19-22,24,27H2,1-3H3. The first-order valence-electron chi connectivity index (χ1n) is 18.3. The summed E-state index contributed by atoms with van der Waals surface area (Å²) in [4.78, 5) is 2.40. The predicted octanol–water partition coefficient (Wildman–Crippen LogP) is 9.44. The van der Waals surface area contributed by atoms with Gasteiger partial charge in [0.1, 0.15) is 5.75 Å². The number of rotatable bonds is 5. The van der Waals surface area contributed by atoms with Gasteiger partial charge in [-0.2, -0.15) is 0 Å². The van der Waals surface area contributed by atoms with Crippen molar-refractivity contribution in [1.82, 2.24) is 0 Å². The molecule has 5 aliphatic rings. The van der Waals surface area contributed by atoms with Crippen LogP contribution in [0.1, 0.15) is 59.1 Å². The van der Waals surface area contributed by atoms with E-state index in [0.29, 0.717) is 11.7 Å². The summed E-state index contributed by atoms with van der Waals surface area (Å²) >= 11 is 0. The minimum atomic E-state index is -0.823. The van der Waals surface area contributed by atoms with Crippen LogP contribution in [-0.2, 0) is 15.8 Å². The second-order valence-electron chi connectivity index (χ2n) is 15.0. The van der Waals surface area contributed by atoms with Crippen LogP contribution in [0.25, 0.3) is 28.0 Å². The lowest BCUT2D eigenvalue weighted by Crippen LogP contribution is -2.37. The molecule has 252 valence electrons. The Kier molecular flexibility index (Phi) is 6.70. The Morgan fingerprint density at radius 3 is 2.24 bits per heavy atom. The largest absolute Gasteiger partial charge is 0.493 e. The smallest absolute Gasteiger partial charge is 0.178 e. The molecule has 0 amide bonds. The Morgan fingerprint density at radius 2 is 1.54 bits per heavy atom. The molecule has 1 saturated heterocycles. The Morgan fingerprint density at radius 1 is 0.800 bits per heavy atom. The van der Waals surface area contributed by atoms with Crippen molar-refractivity contribution in [3.8, 4) is 28.4 Å². The molecule has 2 heterocycles. The van der Waals surface area contributed by atoms with Crippen LogP contribution < -0.4 is 19.1 Å². The van der Waals surface area contributed by atoms with Gasteiger partial charge in [-0.1, -0.05) is 78.7 Å². The lowest BCUT2D eigenvalue weighted by atomic mass is 9.65. The Bertz CT molecular complexity index is 2180. The number of methoxy groups -OCH3 is 2. The fourth-order valence-electron chi connectivity index (χ4n) is 10.5. The van der Waals surface area contributed by atoms with Gasteiger partial charge in [-0.3, -0.25) is 0 Å². The molecule has 0 aromatic heterocycles. The number of benzene rings is 5. The van der Waals surface area contributed by atoms with Crippen molar-refractivity contribution in [3.05, 3.63) is 124 Å². The normalized spacial score (nSPS) is 25.8. The average Bonchev–Trinajstić information content (AvgIpc) is 3.87. The lowest BCUT2D eigenvalue weighted by Gasteiger charge is -2.41. The molecule has 1 spiro atoms. The number of fused-ring (bicyclic) bond motifs is 13. The summed E-state index contributed by atoms with van der Waals surface area (Å²) in [6.45, 7) is 5.57. The molecule has 3 aliphatic carbocycles. The van der Waals surface area contributed by atoms with Crippen molar-refractivity contribution in [2.75, 3.05) is 45.4 Å². The van der Waals surface area contributed by atoms with E-state index in [1.807, 2.05) is 0 Å². The first-order valence-corrected chi connectivity index (χ1v) is 18.3. The molecule has 4 atom stereocenters. The van der Waals surface area contributed by atoms with Crippen LogP contribution in [0.2, 0.25) is 0 Å². The van der Waals surface area contributed by atoms with Gasteiger partial charge in [0, 0.05) is 46.3 Å². The Labute approximate surface area is 294 Å². The zero-order valence-electron chi connectivity index (χ0n) is 29.1. The molecule has 5 aromatic carbocycles. The number of nitrogens with zero attached hydrogens (tertiary/aromatic N) is 1. The van der Waals surface area contributed by atoms with Gasteiger partial charge in [0.2, 0.25) is 0 Å². The number of anilines is 1. The van der Waals surface area contributed by atoms with Crippen molar-refractivity contribution in [3.63, 3.8) is 0 Å². The van der Waals surface area contributed by atoms with Crippen molar-refractivity contribution in [2.24, 2.45) is 11.8 Å². The Balaban J connectivity index is 1.25. The summed E-state index contributed by atoms with van der Waals surface area (Å²) in [7, 11) is 3.45. The molecule has 5 heteroatoms. The topological polar surface area (TPSA) is 40.2 Å². The van der Waals surface area contributed by atoms with E-state index in [-0.39, 0.29) is 5.41 Å². The summed E-state index contributed by atoms with van der Waals surface area (Å²) in [5.41, 5.74) is 10.8. The van der Waals surface area contributed by atoms with Crippen molar-refractivity contribution >= 4 is 22.5 Å². The monoisotopic (exact) mass is 661 g/mol. The van der Waals surface area contributed by atoms with Gasteiger partial charge in [0.25, 0.3) is 0 Å². The van der Waals surface area contributed by atoms with Crippen LogP contribution >= 0.6 is 0 Å². The summed E-state index contributed by atoms with van der Waals surface area (Å²) < 4.78 is 25.2. The molecule has 0 radical (unpaired) electrons. The maximum atomic E-state index is 7.68. The van der Waals surface area contributed by atoms with E-state index >= 15 is 0 Å². The molecular weight excluding hydrogens is 618 g/mol. The number of morpholine rings is 1. The van der Waals surface area contributed by atoms with E-state index < -0.39 is 5.60 Å². The van der Waals surface area contributed by atoms with Crippen molar-refractivity contribution in [1.29, 1.82) is 0 Å². The van der Waals surface area contributed by atoms with E-state index in [0.717, 1.165) is 60.2 Å². The molecule has 2 bridgehead atoms. The van der Waals surface area contributed by atoms with Crippen LogP contribution in [0.3, 0.4) is 0 Å². The van der Waals surface area contributed by atoms with E-state index in [1.54, 1.807) is 14.2 Å². The minimum Gasteiger partial charge on any atom is -0.493 e. The summed E-state index contributed by atoms with van der Waals surface area (Å²) in [6.07, 6.45) is 9.87. The van der Waals surface area contributed by atoms with E-state index in [9.17, 15) is 0 Å². The molecular formula is C45H43NO4. The summed E-state index contributed by atoms with van der Waals surface area (Å²) in [5, 5.41) is 2.22. The second-order valence-corrected chi connectivity index (χ2v) is 15.0. The third-order valence-electron chi connectivity index (χ3n) is 12.6. The lowest BCUT2D eigenvalue weighted by molar-refractivity contribution is 0.122. The molecule has 2 saturated carbocycles. The van der Waals surface area contributed by atoms with Gasteiger partial charge in [0.15, 0.2) is 17.1 Å². The highest BCUT2D eigenvalue weighted by atomic mass is 16.5. The molecule has 5 nitrogen and oxygen atoms in total. The highest BCUT2D eigenvalue weighted by Gasteiger charge is 2.58. The number of ether oxygens (including phenoxy) is 4. The van der Waals surface area contributed by atoms with Crippen LogP contribution in [0, 0.1) is 18.8 Å². The third kappa shape index (κ3) is 4.10. The second kappa shape index (κ2) is 11.1. The number of hydrogen-bond donors (Lipinski definition) is 0. The van der Waals surface area contributed by atoms with Gasteiger partial charge >= 0.3 is 0 Å². The highest BCUT2D eigenvalue weighted by molar-refractivity contribution is 6.10. The Hall–Kier alpha value is -4.74. The van der Waals surface area contributed by atoms with Gasteiger partial charge in [-0.05, 0) is 96.0 Å². The first-order chi connectivity index (χ1) is 24.5. The zero-order chi connectivity index (χ0) is 33.6. The first kappa shape index (κ1) is 30.1. The number of aryl methyl sites for hydroxylation is 1. The third-order valence-corrected chi connectivity index (χ3v) is 12.6. The fourth-order valence-corrected chi connectivity index (χ4v) is 10.5. The van der Waals surface area contributed by atoms with Crippen LogP contribution in [0.5, 0.6) is 17.2 Å². The zero-order valence-corrected chi connectivity index (χ0v) is 29.1. The molecule has 2 aliphatic heterocycles. The van der Waals surface area contributed by atoms with E-state index in [1.165, 1.54) is 70.1 Å². The molecule has 4 unspecified atom stereocenters. The van der Waals surface area contributed by atoms with Gasteiger partial charge in [0.05, 0.1) is 27.4 Å². The van der Waals surface area contributed by atoms with Gasteiger partial charge in [-0.25, -0.2) is 0 Å². The minimum absolute atomic E-state index is 0.0225. The van der Waals surface area contributed by atoms with Crippen LogP contribution in [-0.4, -0.2) is 40.5 Å². The van der Waals surface area contributed by atoms with Gasteiger partial charge in [-0.15, -0.1) is 0 Å². The molecule has 5 aromatic rings.